The van der Waals surface area contributed by atoms with Crippen molar-refractivity contribution in [3.8, 4) is 0 Å². The maximum atomic E-state index is 5.59. The van der Waals surface area contributed by atoms with Gasteiger partial charge in [0.25, 0.3) is 0 Å². The molecule has 3 heteroatoms. The van der Waals surface area contributed by atoms with Gasteiger partial charge in [0, 0.05) is 23.4 Å². The topological polar surface area (TPSA) is 12.0 Å². The van der Waals surface area contributed by atoms with Gasteiger partial charge in [0.15, 0.2) is 0 Å². The minimum atomic E-state index is 0.524. The molecule has 0 rings (SSSR count). The number of thioether (sulfide) groups is 1. The number of nitrogens with one attached hydrogen (secondary N) is 1. The normalized spacial score (nSPS) is 13.0. The van der Waals surface area contributed by atoms with E-state index in [2.05, 4.69) is 25.7 Å². The first-order valence-electron chi connectivity index (χ1n) is 3.81. The van der Waals surface area contributed by atoms with Gasteiger partial charge in [-0.25, -0.2) is 0 Å². The summed E-state index contributed by atoms with van der Waals surface area (Å²) >= 11 is 7.52. The van der Waals surface area contributed by atoms with Crippen molar-refractivity contribution in [3.05, 3.63) is 11.6 Å². The fraction of sp³-hybridized carbons (Fsp3) is 0.750. The summed E-state index contributed by atoms with van der Waals surface area (Å²) in [4.78, 5) is 0. The van der Waals surface area contributed by atoms with Crippen LogP contribution in [0.5, 0.6) is 0 Å². The van der Waals surface area contributed by atoms with E-state index >= 15 is 0 Å². The predicted octanol–water partition coefficient (Wildman–Crippen LogP) is 2.47. The Kier molecular flexibility index (Phi) is 7.23. The maximum Gasteiger partial charge on any atom is 0.0310 e. The van der Waals surface area contributed by atoms with Gasteiger partial charge in [-0.3, -0.25) is 0 Å². The smallest absolute Gasteiger partial charge is 0.0310 e. The summed E-state index contributed by atoms with van der Waals surface area (Å²) in [6, 6.07) is 0.524. The predicted molar refractivity (Wildman–Crippen MR) is 55.5 cm³/mol. The zero-order chi connectivity index (χ0) is 8.69. The van der Waals surface area contributed by atoms with E-state index in [1.165, 1.54) is 5.75 Å². The Labute approximate surface area is 78.6 Å². The van der Waals surface area contributed by atoms with E-state index in [4.69, 9.17) is 11.6 Å². The van der Waals surface area contributed by atoms with E-state index in [0.717, 1.165) is 5.75 Å². The molecule has 0 bridgehead atoms. The molecule has 0 saturated heterocycles. The summed E-state index contributed by atoms with van der Waals surface area (Å²) in [6.07, 6.45) is 0. The van der Waals surface area contributed by atoms with Gasteiger partial charge in [-0.1, -0.05) is 25.1 Å². The molecule has 0 aliphatic rings. The van der Waals surface area contributed by atoms with E-state index in [1.54, 1.807) is 0 Å². The Balaban J connectivity index is 3.22. The standard InChI is InChI=1S/C8H16ClNS/c1-4-11-6-8(3)10-5-7(2)9/h8,10H,2,4-6H2,1,3H3. The summed E-state index contributed by atoms with van der Waals surface area (Å²) in [5.74, 6) is 2.31. The molecule has 0 amide bonds. The third-order valence-corrected chi connectivity index (χ3v) is 2.49. The molecule has 1 N–H and O–H groups in total. The first kappa shape index (κ1) is 11.3. The highest BCUT2D eigenvalue weighted by atomic mass is 35.5. The van der Waals surface area contributed by atoms with Crippen molar-refractivity contribution < 1.29 is 0 Å². The van der Waals surface area contributed by atoms with Crippen molar-refractivity contribution in [2.75, 3.05) is 18.1 Å². The van der Waals surface area contributed by atoms with Crippen LogP contribution in [0.25, 0.3) is 0 Å². The van der Waals surface area contributed by atoms with E-state index in [9.17, 15) is 0 Å². The minimum absolute atomic E-state index is 0.524. The van der Waals surface area contributed by atoms with Crippen molar-refractivity contribution in [1.82, 2.24) is 5.32 Å². The molecule has 0 spiro atoms. The van der Waals surface area contributed by atoms with Crippen molar-refractivity contribution in [2.24, 2.45) is 0 Å². The summed E-state index contributed by atoms with van der Waals surface area (Å²) < 4.78 is 0. The SMILES string of the molecule is C=C(Cl)CNC(C)CSCC. The highest BCUT2D eigenvalue weighted by Gasteiger charge is 1.99. The molecular formula is C8H16ClNS. The molecule has 1 atom stereocenters. The van der Waals surface area contributed by atoms with Crippen molar-refractivity contribution in [3.63, 3.8) is 0 Å². The van der Waals surface area contributed by atoms with Crippen LogP contribution in [0, 0.1) is 0 Å². The van der Waals surface area contributed by atoms with Gasteiger partial charge < -0.3 is 5.32 Å². The third-order valence-electron chi connectivity index (χ3n) is 1.21. The molecule has 0 saturated carbocycles. The molecule has 0 radical (unpaired) electrons. The second kappa shape index (κ2) is 7.01. The van der Waals surface area contributed by atoms with Crippen molar-refractivity contribution in [1.29, 1.82) is 0 Å². The molecule has 0 aliphatic carbocycles. The van der Waals surface area contributed by atoms with Gasteiger partial charge in [0.1, 0.15) is 0 Å². The number of halogens is 1. The van der Waals surface area contributed by atoms with Gasteiger partial charge in [-0.05, 0) is 12.7 Å². The monoisotopic (exact) mass is 193 g/mol. The highest BCUT2D eigenvalue weighted by Crippen LogP contribution is 2.02. The van der Waals surface area contributed by atoms with Crippen LogP contribution < -0.4 is 5.32 Å². The van der Waals surface area contributed by atoms with Gasteiger partial charge in [0.05, 0.1) is 0 Å². The quantitative estimate of drug-likeness (QED) is 0.696. The molecule has 0 aromatic carbocycles. The van der Waals surface area contributed by atoms with Gasteiger partial charge >= 0.3 is 0 Å². The van der Waals surface area contributed by atoms with E-state index < -0.39 is 0 Å². The molecule has 1 unspecified atom stereocenters. The molecule has 0 fully saturated rings. The fourth-order valence-electron chi connectivity index (χ4n) is 0.639. The molecule has 0 aromatic heterocycles. The summed E-state index contributed by atoms with van der Waals surface area (Å²) in [7, 11) is 0. The summed E-state index contributed by atoms with van der Waals surface area (Å²) in [6.45, 7) is 8.64. The maximum absolute atomic E-state index is 5.59. The molecule has 0 aliphatic heterocycles. The second-order valence-electron chi connectivity index (χ2n) is 2.46. The molecule has 0 heterocycles. The molecule has 11 heavy (non-hydrogen) atoms. The Morgan fingerprint density at radius 2 is 2.36 bits per heavy atom. The lowest BCUT2D eigenvalue weighted by Gasteiger charge is -2.11. The van der Waals surface area contributed by atoms with Crippen LogP contribution in [0.15, 0.2) is 11.6 Å². The molecule has 66 valence electrons. The van der Waals surface area contributed by atoms with Crippen LogP contribution in [0.3, 0.4) is 0 Å². The van der Waals surface area contributed by atoms with Crippen LogP contribution in [0.4, 0.5) is 0 Å². The fourth-order valence-corrected chi connectivity index (χ4v) is 1.42. The largest absolute Gasteiger partial charge is 0.309 e. The third kappa shape index (κ3) is 8.24. The average molecular weight is 194 g/mol. The second-order valence-corrected chi connectivity index (χ2v) is 4.31. The zero-order valence-electron chi connectivity index (χ0n) is 7.19. The van der Waals surface area contributed by atoms with Gasteiger partial charge in [0.2, 0.25) is 0 Å². The first-order valence-corrected chi connectivity index (χ1v) is 5.34. The summed E-state index contributed by atoms with van der Waals surface area (Å²) in [5.41, 5.74) is 0. The van der Waals surface area contributed by atoms with Gasteiger partial charge in [-0.15, -0.1) is 0 Å². The molecule has 0 aromatic rings. The van der Waals surface area contributed by atoms with E-state index in [-0.39, 0.29) is 0 Å². The van der Waals surface area contributed by atoms with E-state index in [1.807, 2.05) is 11.8 Å². The van der Waals surface area contributed by atoms with Crippen molar-refractivity contribution >= 4 is 23.4 Å². The lowest BCUT2D eigenvalue weighted by Crippen LogP contribution is -2.29. The average Bonchev–Trinajstić information content (AvgIpc) is 1.97. The Hall–Kier alpha value is 0.340. The van der Waals surface area contributed by atoms with Crippen LogP contribution >= 0.6 is 23.4 Å². The van der Waals surface area contributed by atoms with Crippen molar-refractivity contribution in [2.45, 2.75) is 19.9 Å². The van der Waals surface area contributed by atoms with Crippen LogP contribution in [-0.2, 0) is 0 Å². The van der Waals surface area contributed by atoms with E-state index in [0.29, 0.717) is 17.6 Å². The minimum Gasteiger partial charge on any atom is -0.309 e. The van der Waals surface area contributed by atoms with Crippen LogP contribution in [0.2, 0.25) is 0 Å². The Bertz CT molecular complexity index is 117. The Morgan fingerprint density at radius 1 is 1.73 bits per heavy atom. The first-order chi connectivity index (χ1) is 5.16. The molecular weight excluding hydrogens is 178 g/mol. The Morgan fingerprint density at radius 3 is 2.82 bits per heavy atom. The number of hydrogen-bond acceptors (Lipinski definition) is 2. The number of rotatable bonds is 6. The van der Waals surface area contributed by atoms with Crippen LogP contribution in [0.1, 0.15) is 13.8 Å². The highest BCUT2D eigenvalue weighted by molar-refractivity contribution is 7.99. The zero-order valence-corrected chi connectivity index (χ0v) is 8.76. The summed E-state index contributed by atoms with van der Waals surface area (Å²) in [5, 5.41) is 3.94. The lowest BCUT2D eigenvalue weighted by atomic mass is 10.4. The van der Waals surface area contributed by atoms with Gasteiger partial charge in [-0.2, -0.15) is 11.8 Å². The lowest BCUT2D eigenvalue weighted by molar-refractivity contribution is 0.638. The molecule has 1 nitrogen and oxygen atoms in total. The van der Waals surface area contributed by atoms with Crippen LogP contribution in [-0.4, -0.2) is 24.1 Å². The number of hydrogen-bond donors (Lipinski definition) is 1.